The van der Waals surface area contributed by atoms with Crippen molar-refractivity contribution in [3.05, 3.63) is 17.0 Å². The van der Waals surface area contributed by atoms with Gasteiger partial charge in [0.15, 0.2) is 5.96 Å². The van der Waals surface area contributed by atoms with E-state index in [1.165, 1.54) is 12.8 Å². The third-order valence-electron chi connectivity index (χ3n) is 4.60. The molecule has 26 heavy (non-hydrogen) atoms. The molecule has 150 valence electrons. The number of nitrogens with zero attached hydrogens (tertiary/aromatic N) is 3. The number of hydrogen-bond donors (Lipinski definition) is 2. The topological polar surface area (TPSA) is 74.9 Å². The zero-order chi connectivity index (χ0) is 18.1. The molecule has 0 spiro atoms. The summed E-state index contributed by atoms with van der Waals surface area (Å²) in [5.74, 6) is 1.77. The third-order valence-corrected chi connectivity index (χ3v) is 4.60. The summed E-state index contributed by atoms with van der Waals surface area (Å²) in [6.07, 6.45) is 4.35. The van der Waals surface area contributed by atoms with Crippen molar-refractivity contribution >= 4 is 29.9 Å². The van der Waals surface area contributed by atoms with Crippen LogP contribution in [0.1, 0.15) is 43.7 Å². The van der Waals surface area contributed by atoms with Crippen LogP contribution in [-0.2, 0) is 24.1 Å². The highest BCUT2D eigenvalue weighted by Crippen LogP contribution is 2.25. The lowest BCUT2D eigenvalue weighted by Crippen LogP contribution is -2.42. The van der Waals surface area contributed by atoms with Gasteiger partial charge in [-0.3, -0.25) is 9.89 Å². The fourth-order valence-corrected chi connectivity index (χ4v) is 2.97. The largest absolute Gasteiger partial charge is 0.383 e. The van der Waals surface area contributed by atoms with Gasteiger partial charge in [-0.25, -0.2) is 0 Å². The molecule has 0 atom stereocenters. The normalized spacial score (nSPS) is 14.4. The van der Waals surface area contributed by atoms with Crippen molar-refractivity contribution in [3.63, 3.8) is 0 Å². The molecule has 1 aliphatic rings. The quantitative estimate of drug-likeness (QED) is 0.288. The Bertz CT molecular complexity index is 524. The number of rotatable bonds is 11. The highest BCUT2D eigenvalue weighted by atomic mass is 127. The van der Waals surface area contributed by atoms with E-state index in [1.807, 2.05) is 0 Å². The molecule has 2 rings (SSSR count). The molecule has 1 aliphatic carbocycles. The van der Waals surface area contributed by atoms with Gasteiger partial charge < -0.3 is 19.9 Å². The molecule has 0 aromatic carbocycles. The van der Waals surface area contributed by atoms with Crippen LogP contribution in [0.15, 0.2) is 9.52 Å². The highest BCUT2D eigenvalue weighted by molar-refractivity contribution is 14.0. The van der Waals surface area contributed by atoms with Gasteiger partial charge in [0.2, 0.25) is 0 Å². The molecule has 1 aromatic heterocycles. The van der Waals surface area contributed by atoms with Crippen molar-refractivity contribution < 1.29 is 9.26 Å². The average molecular weight is 479 g/mol. The summed E-state index contributed by atoms with van der Waals surface area (Å²) >= 11 is 0. The average Bonchev–Trinajstić information content (AvgIpc) is 3.40. The van der Waals surface area contributed by atoms with E-state index in [0.717, 1.165) is 68.1 Å². The van der Waals surface area contributed by atoms with Crippen LogP contribution in [0.25, 0.3) is 0 Å². The SMILES string of the molecule is CCc1noc(CC)c1CNC(=NC)NCCN(CCOC)C1CC1.I. The Kier molecular flexibility index (Phi) is 11.1. The fourth-order valence-electron chi connectivity index (χ4n) is 2.97. The molecule has 2 N–H and O–H groups in total. The maximum Gasteiger partial charge on any atom is 0.191 e. The maximum atomic E-state index is 5.42. The minimum absolute atomic E-state index is 0. The van der Waals surface area contributed by atoms with Crippen LogP contribution in [-0.4, -0.2) is 62.5 Å². The van der Waals surface area contributed by atoms with Crippen LogP contribution < -0.4 is 10.6 Å². The smallest absolute Gasteiger partial charge is 0.191 e. The van der Waals surface area contributed by atoms with Crippen molar-refractivity contribution in [3.8, 4) is 0 Å². The van der Waals surface area contributed by atoms with Gasteiger partial charge in [0.25, 0.3) is 0 Å². The molecule has 7 nitrogen and oxygen atoms in total. The second kappa shape index (κ2) is 12.5. The van der Waals surface area contributed by atoms with Crippen LogP contribution in [0, 0.1) is 0 Å². The van der Waals surface area contributed by atoms with Gasteiger partial charge in [0.1, 0.15) is 5.76 Å². The first-order chi connectivity index (χ1) is 12.2. The summed E-state index contributed by atoms with van der Waals surface area (Å²) in [6.45, 7) is 8.52. The lowest BCUT2D eigenvalue weighted by Gasteiger charge is -2.22. The minimum atomic E-state index is 0. The van der Waals surface area contributed by atoms with E-state index in [0.29, 0.717) is 6.54 Å². The number of hydrogen-bond acceptors (Lipinski definition) is 5. The molecule has 1 heterocycles. The van der Waals surface area contributed by atoms with E-state index in [2.05, 4.69) is 39.5 Å². The van der Waals surface area contributed by atoms with Crippen molar-refractivity contribution in [1.29, 1.82) is 0 Å². The Balaban J connectivity index is 0.00000338. The molecule has 1 saturated carbocycles. The zero-order valence-corrected chi connectivity index (χ0v) is 18.8. The van der Waals surface area contributed by atoms with Crippen molar-refractivity contribution in [2.45, 2.75) is 52.1 Å². The highest BCUT2D eigenvalue weighted by Gasteiger charge is 2.28. The predicted octanol–water partition coefficient (Wildman–Crippen LogP) is 2.19. The predicted molar refractivity (Wildman–Crippen MR) is 115 cm³/mol. The van der Waals surface area contributed by atoms with Gasteiger partial charge in [0, 0.05) is 58.4 Å². The number of aryl methyl sites for hydroxylation is 2. The summed E-state index contributed by atoms with van der Waals surface area (Å²) in [7, 11) is 3.56. The molecule has 0 radical (unpaired) electrons. The lowest BCUT2D eigenvalue weighted by atomic mass is 10.1. The number of guanidine groups is 1. The van der Waals surface area contributed by atoms with E-state index in [9.17, 15) is 0 Å². The summed E-state index contributed by atoms with van der Waals surface area (Å²) in [5, 5.41) is 10.9. The Morgan fingerprint density at radius 3 is 2.62 bits per heavy atom. The zero-order valence-electron chi connectivity index (χ0n) is 16.5. The standard InChI is InChI=1S/C18H33N5O2.HI/c1-5-16-15(17(6-2)25-22-16)13-21-18(19-3)20-9-10-23(11-12-24-4)14-7-8-14;/h14H,5-13H2,1-4H3,(H2,19,20,21);1H. The van der Waals surface area contributed by atoms with Gasteiger partial charge in [-0.2, -0.15) is 0 Å². The second-order valence-corrected chi connectivity index (χ2v) is 6.35. The molecule has 0 unspecified atom stereocenters. The Hall–Kier alpha value is -0.870. The first-order valence-corrected chi connectivity index (χ1v) is 9.37. The maximum absolute atomic E-state index is 5.42. The van der Waals surface area contributed by atoms with E-state index < -0.39 is 0 Å². The molecule has 0 saturated heterocycles. The first-order valence-electron chi connectivity index (χ1n) is 9.37. The molecular weight excluding hydrogens is 445 g/mol. The third kappa shape index (κ3) is 7.03. The molecule has 8 heteroatoms. The van der Waals surface area contributed by atoms with Crippen LogP contribution in [0.4, 0.5) is 0 Å². The molecule has 0 aliphatic heterocycles. The molecular formula is C18H34IN5O2. The Morgan fingerprint density at radius 2 is 2.04 bits per heavy atom. The van der Waals surface area contributed by atoms with Gasteiger partial charge >= 0.3 is 0 Å². The van der Waals surface area contributed by atoms with Crippen LogP contribution >= 0.6 is 24.0 Å². The second-order valence-electron chi connectivity index (χ2n) is 6.35. The summed E-state index contributed by atoms with van der Waals surface area (Å²) in [4.78, 5) is 6.81. The van der Waals surface area contributed by atoms with Crippen molar-refractivity contribution in [1.82, 2.24) is 20.7 Å². The number of nitrogens with one attached hydrogen (secondary N) is 2. The number of ether oxygens (including phenoxy) is 1. The Labute approximate surface area is 174 Å². The first kappa shape index (κ1) is 23.2. The summed E-state index contributed by atoms with van der Waals surface area (Å²) in [5.41, 5.74) is 2.19. The van der Waals surface area contributed by atoms with E-state index in [-0.39, 0.29) is 24.0 Å². The fraction of sp³-hybridized carbons (Fsp3) is 0.778. The summed E-state index contributed by atoms with van der Waals surface area (Å²) < 4.78 is 10.6. The number of aliphatic imine (C=N–C) groups is 1. The van der Waals surface area contributed by atoms with Crippen LogP contribution in [0.5, 0.6) is 0 Å². The number of methoxy groups -OCH3 is 1. The Morgan fingerprint density at radius 1 is 1.27 bits per heavy atom. The van der Waals surface area contributed by atoms with Crippen LogP contribution in [0.2, 0.25) is 0 Å². The van der Waals surface area contributed by atoms with Crippen LogP contribution in [0.3, 0.4) is 0 Å². The number of halogens is 1. The summed E-state index contributed by atoms with van der Waals surface area (Å²) in [6, 6.07) is 0.739. The van der Waals surface area contributed by atoms with Gasteiger partial charge in [-0.15, -0.1) is 24.0 Å². The van der Waals surface area contributed by atoms with Crippen molar-refractivity contribution in [2.75, 3.05) is 40.4 Å². The van der Waals surface area contributed by atoms with Gasteiger partial charge in [-0.1, -0.05) is 19.0 Å². The molecule has 1 aromatic rings. The van der Waals surface area contributed by atoms with E-state index in [1.54, 1.807) is 14.2 Å². The van der Waals surface area contributed by atoms with Crippen molar-refractivity contribution in [2.24, 2.45) is 4.99 Å². The molecule has 0 bridgehead atoms. The number of aromatic nitrogens is 1. The van der Waals surface area contributed by atoms with E-state index >= 15 is 0 Å². The molecule has 1 fully saturated rings. The van der Waals surface area contributed by atoms with Gasteiger partial charge in [-0.05, 0) is 19.3 Å². The molecule has 0 amide bonds. The lowest BCUT2D eigenvalue weighted by molar-refractivity contribution is 0.144. The van der Waals surface area contributed by atoms with E-state index in [4.69, 9.17) is 9.26 Å². The monoisotopic (exact) mass is 479 g/mol. The van der Waals surface area contributed by atoms with Gasteiger partial charge in [0.05, 0.1) is 12.3 Å². The minimum Gasteiger partial charge on any atom is -0.383 e.